The van der Waals surface area contributed by atoms with Crippen LogP contribution in [0, 0.1) is 11.8 Å². The lowest BCUT2D eigenvalue weighted by Crippen LogP contribution is -2.29. The summed E-state index contributed by atoms with van der Waals surface area (Å²) in [6.07, 6.45) is 6.29. The molecule has 1 saturated carbocycles. The van der Waals surface area contributed by atoms with Crippen molar-refractivity contribution in [1.29, 1.82) is 0 Å². The lowest BCUT2D eigenvalue weighted by molar-refractivity contribution is 0.141. The van der Waals surface area contributed by atoms with Crippen molar-refractivity contribution in [1.82, 2.24) is 9.97 Å². The Morgan fingerprint density at radius 3 is 2.65 bits per heavy atom. The molecule has 0 radical (unpaired) electrons. The third kappa shape index (κ3) is 3.61. The Morgan fingerprint density at radius 2 is 2.00 bits per heavy atom. The minimum Gasteiger partial charge on any atom is -0.396 e. The highest BCUT2D eigenvalue weighted by Crippen LogP contribution is 2.32. The van der Waals surface area contributed by atoms with Crippen LogP contribution in [0.15, 0.2) is 6.33 Å². The Balaban J connectivity index is 2.05. The van der Waals surface area contributed by atoms with Crippen molar-refractivity contribution < 1.29 is 5.11 Å². The summed E-state index contributed by atoms with van der Waals surface area (Å²) in [6.45, 7) is 5.31. The summed E-state index contributed by atoms with van der Waals surface area (Å²) < 4.78 is 0. The molecule has 1 aliphatic carbocycles. The second kappa shape index (κ2) is 7.23. The standard InChI is InChI=1S/C15H24ClN3O/c1-10(2)13-14(16)18-9-19-15(13)17-7-11-5-3-4-6-12(11)8-20/h9-12,20H,3-8H2,1-2H3,(H,17,18,19). The predicted octanol–water partition coefficient (Wildman–Crippen LogP) is 3.46. The van der Waals surface area contributed by atoms with E-state index in [1.165, 1.54) is 25.6 Å². The third-order valence-electron chi connectivity index (χ3n) is 4.25. The van der Waals surface area contributed by atoms with E-state index in [0.29, 0.717) is 17.0 Å². The molecule has 2 N–H and O–H groups in total. The maximum absolute atomic E-state index is 9.47. The molecular formula is C15H24ClN3O. The van der Waals surface area contributed by atoms with Gasteiger partial charge >= 0.3 is 0 Å². The van der Waals surface area contributed by atoms with Crippen LogP contribution < -0.4 is 5.32 Å². The molecule has 2 unspecified atom stereocenters. The Bertz CT molecular complexity index is 439. The van der Waals surface area contributed by atoms with Gasteiger partial charge in [-0.05, 0) is 30.6 Å². The van der Waals surface area contributed by atoms with Gasteiger partial charge in [0.1, 0.15) is 17.3 Å². The van der Waals surface area contributed by atoms with Gasteiger partial charge in [0.15, 0.2) is 0 Å². The molecule has 1 aliphatic rings. The SMILES string of the molecule is CC(C)c1c(Cl)ncnc1NCC1CCCCC1CO. The van der Waals surface area contributed by atoms with E-state index in [1.807, 2.05) is 0 Å². The van der Waals surface area contributed by atoms with Gasteiger partial charge in [0.2, 0.25) is 0 Å². The molecule has 0 aliphatic heterocycles. The molecule has 2 atom stereocenters. The van der Waals surface area contributed by atoms with E-state index in [-0.39, 0.29) is 12.5 Å². The number of aliphatic hydroxyl groups excluding tert-OH is 1. The smallest absolute Gasteiger partial charge is 0.138 e. The quantitative estimate of drug-likeness (QED) is 0.817. The van der Waals surface area contributed by atoms with E-state index >= 15 is 0 Å². The summed E-state index contributed by atoms with van der Waals surface area (Å²) in [7, 11) is 0. The van der Waals surface area contributed by atoms with Gasteiger partial charge < -0.3 is 10.4 Å². The van der Waals surface area contributed by atoms with Crippen molar-refractivity contribution in [3.8, 4) is 0 Å². The van der Waals surface area contributed by atoms with E-state index in [0.717, 1.165) is 24.3 Å². The number of halogens is 1. The number of aliphatic hydroxyl groups is 1. The minimum atomic E-state index is 0.284. The Kier molecular flexibility index (Phi) is 5.61. The van der Waals surface area contributed by atoms with Crippen LogP contribution in [0.4, 0.5) is 5.82 Å². The third-order valence-corrected chi connectivity index (χ3v) is 4.55. The number of hydrogen-bond acceptors (Lipinski definition) is 4. The van der Waals surface area contributed by atoms with Gasteiger partial charge in [0.25, 0.3) is 0 Å². The van der Waals surface area contributed by atoms with Crippen LogP contribution >= 0.6 is 11.6 Å². The highest BCUT2D eigenvalue weighted by molar-refractivity contribution is 6.30. The molecule has 1 aromatic heterocycles. The van der Waals surface area contributed by atoms with E-state index in [1.54, 1.807) is 0 Å². The molecule has 1 aromatic rings. The fourth-order valence-corrected chi connectivity index (χ4v) is 3.40. The molecule has 20 heavy (non-hydrogen) atoms. The van der Waals surface area contributed by atoms with Crippen molar-refractivity contribution >= 4 is 17.4 Å². The van der Waals surface area contributed by atoms with Crippen molar-refractivity contribution in [2.75, 3.05) is 18.5 Å². The van der Waals surface area contributed by atoms with Crippen molar-refractivity contribution in [3.63, 3.8) is 0 Å². The molecule has 112 valence electrons. The molecule has 1 heterocycles. The minimum absolute atomic E-state index is 0.284. The monoisotopic (exact) mass is 297 g/mol. The fourth-order valence-electron chi connectivity index (χ4n) is 3.05. The average molecular weight is 298 g/mol. The number of hydrogen-bond donors (Lipinski definition) is 2. The van der Waals surface area contributed by atoms with Crippen LogP contribution in [0.25, 0.3) is 0 Å². The molecule has 2 rings (SSSR count). The van der Waals surface area contributed by atoms with Crippen LogP contribution in [0.2, 0.25) is 5.15 Å². The van der Waals surface area contributed by atoms with Gasteiger partial charge in [-0.25, -0.2) is 9.97 Å². The zero-order valence-corrected chi connectivity index (χ0v) is 13.0. The molecule has 5 heteroatoms. The van der Waals surface area contributed by atoms with E-state index in [2.05, 4.69) is 29.1 Å². The summed E-state index contributed by atoms with van der Waals surface area (Å²) >= 11 is 6.17. The summed E-state index contributed by atoms with van der Waals surface area (Å²) in [6, 6.07) is 0. The predicted molar refractivity (Wildman–Crippen MR) is 82.2 cm³/mol. The molecule has 0 amide bonds. The largest absolute Gasteiger partial charge is 0.396 e. The lowest BCUT2D eigenvalue weighted by atomic mass is 9.79. The molecule has 4 nitrogen and oxygen atoms in total. The molecule has 0 aromatic carbocycles. The van der Waals surface area contributed by atoms with Crippen LogP contribution in [0.1, 0.15) is 51.0 Å². The average Bonchev–Trinajstić information content (AvgIpc) is 2.45. The maximum atomic E-state index is 9.47. The van der Waals surface area contributed by atoms with Crippen LogP contribution in [0.5, 0.6) is 0 Å². The normalized spacial score (nSPS) is 23.1. The first-order chi connectivity index (χ1) is 9.63. The number of nitrogens with one attached hydrogen (secondary N) is 1. The van der Waals surface area contributed by atoms with Crippen LogP contribution in [0.3, 0.4) is 0 Å². The Morgan fingerprint density at radius 1 is 1.30 bits per heavy atom. The van der Waals surface area contributed by atoms with E-state index in [9.17, 15) is 5.11 Å². The van der Waals surface area contributed by atoms with Gasteiger partial charge in [0, 0.05) is 18.7 Å². The Labute approximate surface area is 126 Å². The van der Waals surface area contributed by atoms with Crippen molar-refractivity contribution in [2.24, 2.45) is 11.8 Å². The summed E-state index contributed by atoms with van der Waals surface area (Å²) in [4.78, 5) is 8.39. The number of aromatic nitrogens is 2. The van der Waals surface area contributed by atoms with Gasteiger partial charge in [-0.1, -0.05) is 38.3 Å². The first-order valence-corrected chi connectivity index (χ1v) is 7.86. The van der Waals surface area contributed by atoms with E-state index in [4.69, 9.17) is 11.6 Å². The molecule has 0 bridgehead atoms. The van der Waals surface area contributed by atoms with Gasteiger partial charge in [0.05, 0.1) is 0 Å². The van der Waals surface area contributed by atoms with Crippen molar-refractivity contribution in [3.05, 3.63) is 17.0 Å². The zero-order valence-electron chi connectivity index (χ0n) is 12.3. The topological polar surface area (TPSA) is 58.0 Å². The highest BCUT2D eigenvalue weighted by Gasteiger charge is 2.25. The highest BCUT2D eigenvalue weighted by atomic mass is 35.5. The Hall–Kier alpha value is -0.870. The molecular weight excluding hydrogens is 274 g/mol. The van der Waals surface area contributed by atoms with Gasteiger partial charge in [-0.3, -0.25) is 0 Å². The van der Waals surface area contributed by atoms with Gasteiger partial charge in [-0.15, -0.1) is 0 Å². The van der Waals surface area contributed by atoms with E-state index < -0.39 is 0 Å². The lowest BCUT2D eigenvalue weighted by Gasteiger charge is -2.30. The number of nitrogens with zero attached hydrogens (tertiary/aromatic N) is 2. The summed E-state index contributed by atoms with van der Waals surface area (Å²) in [5.74, 6) is 2.05. The second-order valence-electron chi connectivity index (χ2n) is 5.95. The number of anilines is 1. The number of rotatable bonds is 5. The second-order valence-corrected chi connectivity index (χ2v) is 6.31. The molecule has 0 spiro atoms. The van der Waals surface area contributed by atoms with Gasteiger partial charge in [-0.2, -0.15) is 0 Å². The summed E-state index contributed by atoms with van der Waals surface area (Å²) in [5, 5.41) is 13.4. The van der Waals surface area contributed by atoms with Crippen molar-refractivity contribution in [2.45, 2.75) is 45.4 Å². The molecule has 1 fully saturated rings. The zero-order chi connectivity index (χ0) is 14.5. The molecule has 0 saturated heterocycles. The first kappa shape index (κ1) is 15.5. The summed E-state index contributed by atoms with van der Waals surface area (Å²) in [5.41, 5.74) is 0.977. The fraction of sp³-hybridized carbons (Fsp3) is 0.733. The first-order valence-electron chi connectivity index (χ1n) is 7.48. The maximum Gasteiger partial charge on any atom is 0.138 e. The van der Waals surface area contributed by atoms with Crippen LogP contribution in [-0.2, 0) is 0 Å². The van der Waals surface area contributed by atoms with Crippen LogP contribution in [-0.4, -0.2) is 28.2 Å².